The molecule has 2 aromatic carbocycles. The lowest BCUT2D eigenvalue weighted by Crippen LogP contribution is -2.29. The van der Waals surface area contributed by atoms with Crippen LogP contribution in [-0.2, 0) is 17.6 Å². The Morgan fingerprint density at radius 1 is 1.35 bits per heavy atom. The van der Waals surface area contributed by atoms with Gasteiger partial charge in [0.25, 0.3) is 0 Å². The van der Waals surface area contributed by atoms with Crippen LogP contribution in [0.1, 0.15) is 17.5 Å². The fraction of sp³-hybridized carbons (Fsp3) is 0.278. The summed E-state index contributed by atoms with van der Waals surface area (Å²) in [6, 6.07) is 11.0. The van der Waals surface area contributed by atoms with Crippen molar-refractivity contribution in [3.63, 3.8) is 0 Å². The molecule has 3 nitrogen and oxygen atoms in total. The topological polar surface area (TPSA) is 29.5 Å². The number of nitrogens with zero attached hydrogens (tertiary/aromatic N) is 1. The SMILES string of the molecule is COc1cccc(CCC(=O)N2CCc3cc(I)c(F)cc32)c1. The predicted octanol–water partition coefficient (Wildman–Crippen LogP) is 3.96. The molecule has 0 saturated carbocycles. The molecule has 1 aliphatic heterocycles. The molecule has 0 atom stereocenters. The van der Waals surface area contributed by atoms with Crippen LogP contribution in [0, 0.1) is 9.39 Å². The second kappa shape index (κ2) is 6.86. The molecule has 3 rings (SSSR count). The van der Waals surface area contributed by atoms with E-state index in [0.29, 0.717) is 23.0 Å². The molecule has 0 N–H and O–H groups in total. The van der Waals surface area contributed by atoms with Gasteiger partial charge in [0.05, 0.1) is 7.11 Å². The highest BCUT2D eigenvalue weighted by Crippen LogP contribution is 2.31. The van der Waals surface area contributed by atoms with E-state index in [1.54, 1.807) is 12.0 Å². The van der Waals surface area contributed by atoms with Crippen LogP contribution in [0.4, 0.5) is 10.1 Å². The maximum Gasteiger partial charge on any atom is 0.227 e. The highest BCUT2D eigenvalue weighted by Gasteiger charge is 2.25. The Kier molecular flexibility index (Phi) is 4.84. The number of benzene rings is 2. The van der Waals surface area contributed by atoms with E-state index in [1.165, 1.54) is 6.07 Å². The zero-order chi connectivity index (χ0) is 16.4. The first-order chi connectivity index (χ1) is 11.1. The second-order valence-corrected chi connectivity index (χ2v) is 6.70. The molecule has 0 fully saturated rings. The van der Waals surface area contributed by atoms with Crippen LogP contribution in [0.5, 0.6) is 5.75 Å². The average Bonchev–Trinajstić information content (AvgIpc) is 2.96. The lowest BCUT2D eigenvalue weighted by Gasteiger charge is -2.17. The molecule has 1 amide bonds. The van der Waals surface area contributed by atoms with E-state index in [1.807, 2.05) is 52.9 Å². The van der Waals surface area contributed by atoms with Crippen molar-refractivity contribution in [3.8, 4) is 5.75 Å². The smallest absolute Gasteiger partial charge is 0.227 e. The lowest BCUT2D eigenvalue weighted by molar-refractivity contribution is -0.118. The summed E-state index contributed by atoms with van der Waals surface area (Å²) >= 11 is 1.98. The number of carbonyl (C=O) groups excluding carboxylic acids is 1. The minimum Gasteiger partial charge on any atom is -0.497 e. The van der Waals surface area contributed by atoms with Crippen LogP contribution in [0.3, 0.4) is 0 Å². The highest BCUT2D eigenvalue weighted by molar-refractivity contribution is 14.1. The molecule has 120 valence electrons. The van der Waals surface area contributed by atoms with Crippen molar-refractivity contribution in [2.24, 2.45) is 0 Å². The number of aryl methyl sites for hydroxylation is 1. The summed E-state index contributed by atoms with van der Waals surface area (Å²) in [6.07, 6.45) is 1.84. The first-order valence-corrected chi connectivity index (χ1v) is 8.57. The fourth-order valence-electron chi connectivity index (χ4n) is 2.85. The van der Waals surface area contributed by atoms with Crippen LogP contribution >= 0.6 is 22.6 Å². The summed E-state index contributed by atoms with van der Waals surface area (Å²) in [7, 11) is 1.63. The number of amides is 1. The number of methoxy groups -OCH3 is 1. The van der Waals surface area contributed by atoms with Crippen LogP contribution in [-0.4, -0.2) is 19.6 Å². The third-order valence-electron chi connectivity index (χ3n) is 4.08. The summed E-state index contributed by atoms with van der Waals surface area (Å²) in [6.45, 7) is 0.631. The van der Waals surface area contributed by atoms with E-state index in [9.17, 15) is 9.18 Å². The number of ether oxygens (including phenoxy) is 1. The third kappa shape index (κ3) is 3.49. The molecule has 5 heteroatoms. The summed E-state index contributed by atoms with van der Waals surface area (Å²) in [4.78, 5) is 14.2. The Labute approximate surface area is 148 Å². The summed E-state index contributed by atoms with van der Waals surface area (Å²) < 4.78 is 19.6. The van der Waals surface area contributed by atoms with Gasteiger partial charge >= 0.3 is 0 Å². The largest absolute Gasteiger partial charge is 0.497 e. The van der Waals surface area contributed by atoms with Crippen molar-refractivity contribution >= 4 is 34.2 Å². The lowest BCUT2D eigenvalue weighted by atomic mass is 10.1. The number of hydrogen-bond donors (Lipinski definition) is 0. The Morgan fingerprint density at radius 2 is 2.17 bits per heavy atom. The van der Waals surface area contributed by atoms with E-state index in [0.717, 1.165) is 29.0 Å². The number of hydrogen-bond acceptors (Lipinski definition) is 2. The van der Waals surface area contributed by atoms with Crippen molar-refractivity contribution in [2.75, 3.05) is 18.6 Å². The molecule has 0 spiro atoms. The third-order valence-corrected chi connectivity index (χ3v) is 4.91. The molecule has 0 saturated heterocycles. The Morgan fingerprint density at radius 3 is 2.96 bits per heavy atom. The van der Waals surface area contributed by atoms with Gasteiger partial charge in [-0.2, -0.15) is 0 Å². The van der Waals surface area contributed by atoms with Crippen molar-refractivity contribution in [3.05, 3.63) is 56.9 Å². The van der Waals surface area contributed by atoms with Gasteiger partial charge in [-0.1, -0.05) is 12.1 Å². The van der Waals surface area contributed by atoms with Crippen LogP contribution in [0.25, 0.3) is 0 Å². The zero-order valence-corrected chi connectivity index (χ0v) is 15.0. The molecule has 0 aliphatic carbocycles. The van der Waals surface area contributed by atoms with E-state index in [4.69, 9.17) is 4.74 Å². The highest BCUT2D eigenvalue weighted by atomic mass is 127. The Hall–Kier alpha value is -1.63. The van der Waals surface area contributed by atoms with Crippen molar-refractivity contribution < 1.29 is 13.9 Å². The standard InChI is InChI=1S/C18H17FINO2/c1-23-14-4-2-3-12(9-14)5-6-18(22)21-8-7-13-10-16(20)15(19)11-17(13)21/h2-4,9-11H,5-8H2,1H3. The first-order valence-electron chi connectivity index (χ1n) is 7.49. The predicted molar refractivity (Wildman–Crippen MR) is 96.5 cm³/mol. The molecule has 1 aliphatic rings. The van der Waals surface area contributed by atoms with Gasteiger partial charge in [-0.15, -0.1) is 0 Å². The molecular weight excluding hydrogens is 408 g/mol. The summed E-state index contributed by atoms with van der Waals surface area (Å²) in [5.41, 5.74) is 2.83. The Balaban J connectivity index is 1.70. The molecule has 2 aromatic rings. The van der Waals surface area contributed by atoms with Gasteiger partial charge in [0.15, 0.2) is 0 Å². The van der Waals surface area contributed by atoms with Gasteiger partial charge in [0.2, 0.25) is 5.91 Å². The van der Waals surface area contributed by atoms with Crippen LogP contribution in [0.15, 0.2) is 36.4 Å². The summed E-state index contributed by atoms with van der Waals surface area (Å²) in [5.74, 6) is 0.558. The maximum absolute atomic E-state index is 13.8. The molecule has 1 heterocycles. The van der Waals surface area contributed by atoms with Crippen molar-refractivity contribution in [1.82, 2.24) is 0 Å². The fourth-order valence-corrected chi connectivity index (χ4v) is 3.39. The molecule has 0 unspecified atom stereocenters. The monoisotopic (exact) mass is 425 g/mol. The van der Waals surface area contributed by atoms with Gasteiger partial charge in [0, 0.05) is 22.2 Å². The molecule has 0 bridgehead atoms. The normalized spacial score (nSPS) is 13.1. The Bertz CT molecular complexity index is 748. The number of rotatable bonds is 4. The average molecular weight is 425 g/mol. The van der Waals surface area contributed by atoms with Crippen LogP contribution in [0.2, 0.25) is 0 Å². The second-order valence-electron chi connectivity index (χ2n) is 5.54. The minimum absolute atomic E-state index is 0.0344. The van der Waals surface area contributed by atoms with Gasteiger partial charge in [-0.25, -0.2) is 4.39 Å². The van der Waals surface area contributed by atoms with E-state index >= 15 is 0 Å². The maximum atomic E-state index is 13.8. The van der Waals surface area contributed by atoms with E-state index in [-0.39, 0.29) is 11.7 Å². The van der Waals surface area contributed by atoms with E-state index < -0.39 is 0 Å². The van der Waals surface area contributed by atoms with Crippen molar-refractivity contribution in [1.29, 1.82) is 0 Å². The molecule has 0 radical (unpaired) electrons. The first kappa shape index (κ1) is 16.2. The number of fused-ring (bicyclic) bond motifs is 1. The summed E-state index contributed by atoms with van der Waals surface area (Å²) in [5, 5.41) is 0. The van der Waals surface area contributed by atoms with Crippen LogP contribution < -0.4 is 9.64 Å². The number of carbonyl (C=O) groups is 1. The van der Waals surface area contributed by atoms with Gasteiger partial charge in [-0.05, 0) is 70.8 Å². The van der Waals surface area contributed by atoms with Crippen molar-refractivity contribution in [2.45, 2.75) is 19.3 Å². The quantitative estimate of drug-likeness (QED) is 0.695. The number of anilines is 1. The molecule has 0 aromatic heterocycles. The van der Waals surface area contributed by atoms with Gasteiger partial charge < -0.3 is 9.64 Å². The zero-order valence-electron chi connectivity index (χ0n) is 12.8. The van der Waals surface area contributed by atoms with Gasteiger partial charge in [0.1, 0.15) is 11.6 Å². The molecule has 23 heavy (non-hydrogen) atoms. The van der Waals surface area contributed by atoms with E-state index in [2.05, 4.69) is 0 Å². The number of halogens is 2. The van der Waals surface area contributed by atoms with Gasteiger partial charge in [-0.3, -0.25) is 4.79 Å². The minimum atomic E-state index is -0.267. The molecular formula is C18H17FINO2.